The summed E-state index contributed by atoms with van der Waals surface area (Å²) in [7, 11) is 1.78. The van der Waals surface area contributed by atoms with Crippen LogP contribution in [0.2, 0.25) is 0 Å². The number of nitrogens with one attached hydrogen (secondary N) is 1. The molecule has 3 nitrogen and oxygen atoms in total. The summed E-state index contributed by atoms with van der Waals surface area (Å²) in [6, 6.07) is 0.746. The molecule has 1 aliphatic rings. The van der Waals surface area contributed by atoms with Crippen molar-refractivity contribution in [2.24, 2.45) is 5.41 Å². The normalized spacial score (nSPS) is 17.7. The molecule has 1 saturated carbocycles. The zero-order valence-corrected chi connectivity index (χ0v) is 13.6. The lowest BCUT2D eigenvalue weighted by Crippen LogP contribution is -2.19. The number of thiazole rings is 1. The van der Waals surface area contributed by atoms with Gasteiger partial charge in [0.15, 0.2) is 0 Å². The summed E-state index contributed by atoms with van der Waals surface area (Å²) in [6.45, 7) is 9.76. The van der Waals surface area contributed by atoms with E-state index in [2.05, 4.69) is 33.0 Å². The van der Waals surface area contributed by atoms with Crippen molar-refractivity contribution in [3.63, 3.8) is 0 Å². The summed E-state index contributed by atoms with van der Waals surface area (Å²) in [6.07, 6.45) is 3.74. The summed E-state index contributed by atoms with van der Waals surface area (Å²) in [5.41, 5.74) is 1.32. The van der Waals surface area contributed by atoms with Gasteiger partial charge < -0.3 is 10.1 Å². The lowest BCUT2D eigenvalue weighted by molar-refractivity contribution is 0.0150. The van der Waals surface area contributed by atoms with Gasteiger partial charge in [0.1, 0.15) is 11.1 Å². The maximum Gasteiger partial charge on any atom is 0.123 e. The molecule has 1 aromatic heterocycles. The van der Waals surface area contributed by atoms with Crippen LogP contribution in [-0.2, 0) is 17.7 Å². The van der Waals surface area contributed by atoms with E-state index in [1.54, 1.807) is 7.11 Å². The second-order valence-corrected chi connectivity index (χ2v) is 7.53. The molecule has 1 aromatic rings. The second-order valence-electron chi connectivity index (χ2n) is 6.41. The monoisotopic (exact) mass is 282 g/mol. The number of ether oxygens (including phenoxy) is 1. The van der Waals surface area contributed by atoms with Crippen LogP contribution in [0.3, 0.4) is 0 Å². The summed E-state index contributed by atoms with van der Waals surface area (Å²) in [5.74, 6) is 0. The molecule has 0 radical (unpaired) electrons. The van der Waals surface area contributed by atoms with Gasteiger partial charge in [-0.05, 0) is 24.7 Å². The predicted octanol–water partition coefficient (Wildman–Crippen LogP) is 3.69. The molecule has 0 aromatic carbocycles. The quantitative estimate of drug-likeness (QED) is 0.864. The SMILES string of the molecule is CCc1nc(C(OC)C(C)(C)C)sc1CNC1CC1. The fraction of sp³-hybridized carbons (Fsp3) is 0.800. The van der Waals surface area contributed by atoms with Crippen LogP contribution >= 0.6 is 11.3 Å². The van der Waals surface area contributed by atoms with Crippen LogP contribution in [0.4, 0.5) is 0 Å². The molecule has 1 fully saturated rings. The molecular formula is C15H26N2OS. The molecule has 1 N–H and O–H groups in total. The minimum atomic E-state index is 0.0810. The summed E-state index contributed by atoms with van der Waals surface area (Å²) in [4.78, 5) is 6.20. The van der Waals surface area contributed by atoms with Gasteiger partial charge in [-0.1, -0.05) is 27.7 Å². The zero-order valence-electron chi connectivity index (χ0n) is 12.7. The highest BCUT2D eigenvalue weighted by Crippen LogP contribution is 2.38. The smallest absolute Gasteiger partial charge is 0.123 e. The molecule has 1 heterocycles. The largest absolute Gasteiger partial charge is 0.374 e. The minimum absolute atomic E-state index is 0.0810. The average Bonchev–Trinajstić information content (AvgIpc) is 3.07. The van der Waals surface area contributed by atoms with Crippen molar-refractivity contribution in [2.45, 2.75) is 65.6 Å². The Morgan fingerprint density at radius 2 is 2.11 bits per heavy atom. The van der Waals surface area contributed by atoms with Gasteiger partial charge in [-0.3, -0.25) is 0 Å². The lowest BCUT2D eigenvalue weighted by Gasteiger charge is -2.27. The zero-order chi connectivity index (χ0) is 14.0. The van der Waals surface area contributed by atoms with E-state index in [0.29, 0.717) is 0 Å². The van der Waals surface area contributed by atoms with Crippen LogP contribution in [0.15, 0.2) is 0 Å². The van der Waals surface area contributed by atoms with Crippen molar-refractivity contribution in [1.29, 1.82) is 0 Å². The standard InChI is InChI=1S/C15H26N2OS/c1-6-11-12(9-16-10-7-8-10)19-14(17-11)13(18-5)15(2,3)4/h10,13,16H,6-9H2,1-5H3. The Bertz CT molecular complexity index is 418. The molecule has 19 heavy (non-hydrogen) atoms. The van der Waals surface area contributed by atoms with Gasteiger partial charge in [-0.25, -0.2) is 4.98 Å². The number of aromatic nitrogens is 1. The molecular weight excluding hydrogens is 256 g/mol. The van der Waals surface area contributed by atoms with Gasteiger partial charge in [0.2, 0.25) is 0 Å². The van der Waals surface area contributed by atoms with Gasteiger partial charge in [0.05, 0.1) is 5.69 Å². The van der Waals surface area contributed by atoms with Crippen LogP contribution in [0.25, 0.3) is 0 Å². The van der Waals surface area contributed by atoms with E-state index >= 15 is 0 Å². The van der Waals surface area contributed by atoms with Crippen molar-refractivity contribution < 1.29 is 4.74 Å². The van der Waals surface area contributed by atoms with E-state index in [1.807, 2.05) is 11.3 Å². The highest BCUT2D eigenvalue weighted by Gasteiger charge is 2.30. The molecule has 1 unspecified atom stereocenters. The number of nitrogens with zero attached hydrogens (tertiary/aromatic N) is 1. The molecule has 0 aliphatic heterocycles. The summed E-state index contributed by atoms with van der Waals surface area (Å²) >= 11 is 1.81. The second kappa shape index (κ2) is 5.90. The fourth-order valence-electron chi connectivity index (χ4n) is 2.28. The van der Waals surface area contributed by atoms with E-state index in [-0.39, 0.29) is 11.5 Å². The number of aryl methyl sites for hydroxylation is 1. The first kappa shape index (κ1) is 14.9. The Balaban J connectivity index is 2.15. The molecule has 108 valence electrons. The van der Waals surface area contributed by atoms with Crippen LogP contribution in [-0.4, -0.2) is 18.1 Å². The van der Waals surface area contributed by atoms with Crippen molar-refractivity contribution in [3.8, 4) is 0 Å². The first-order valence-corrected chi connectivity index (χ1v) is 8.02. The van der Waals surface area contributed by atoms with Crippen molar-refractivity contribution in [2.75, 3.05) is 7.11 Å². The third-order valence-corrected chi connectivity index (χ3v) is 4.65. The van der Waals surface area contributed by atoms with Crippen LogP contribution in [0.1, 0.15) is 62.2 Å². The van der Waals surface area contributed by atoms with Gasteiger partial charge in [-0.2, -0.15) is 0 Å². The fourth-order valence-corrected chi connectivity index (χ4v) is 3.71. The van der Waals surface area contributed by atoms with Gasteiger partial charge in [0.25, 0.3) is 0 Å². The van der Waals surface area contributed by atoms with Crippen LogP contribution < -0.4 is 5.32 Å². The van der Waals surface area contributed by atoms with E-state index in [0.717, 1.165) is 24.0 Å². The molecule has 0 bridgehead atoms. The lowest BCUT2D eigenvalue weighted by atomic mass is 9.89. The van der Waals surface area contributed by atoms with E-state index in [4.69, 9.17) is 9.72 Å². The third-order valence-electron chi connectivity index (χ3n) is 3.50. The van der Waals surface area contributed by atoms with E-state index < -0.39 is 0 Å². The molecule has 0 amide bonds. The summed E-state index contributed by atoms with van der Waals surface area (Å²) in [5, 5.41) is 4.71. The van der Waals surface area contributed by atoms with Gasteiger partial charge in [-0.15, -0.1) is 11.3 Å². The maximum atomic E-state index is 5.68. The molecule has 0 spiro atoms. The Kier molecular flexibility index (Phi) is 4.64. The maximum absolute atomic E-state index is 5.68. The van der Waals surface area contributed by atoms with E-state index in [1.165, 1.54) is 23.4 Å². The first-order chi connectivity index (χ1) is 8.95. The number of hydrogen-bond donors (Lipinski definition) is 1. The van der Waals surface area contributed by atoms with E-state index in [9.17, 15) is 0 Å². The van der Waals surface area contributed by atoms with Gasteiger partial charge >= 0.3 is 0 Å². The highest BCUT2D eigenvalue weighted by molar-refractivity contribution is 7.11. The Morgan fingerprint density at radius 3 is 2.58 bits per heavy atom. The Hall–Kier alpha value is -0.450. The Labute approximate surface area is 120 Å². The molecule has 4 heteroatoms. The van der Waals surface area contributed by atoms with Crippen molar-refractivity contribution in [3.05, 3.63) is 15.6 Å². The molecule has 0 saturated heterocycles. The van der Waals surface area contributed by atoms with Crippen LogP contribution in [0, 0.1) is 5.41 Å². The van der Waals surface area contributed by atoms with Crippen molar-refractivity contribution in [1.82, 2.24) is 10.3 Å². The predicted molar refractivity (Wildman–Crippen MR) is 80.6 cm³/mol. The Morgan fingerprint density at radius 1 is 1.42 bits per heavy atom. The highest BCUT2D eigenvalue weighted by atomic mass is 32.1. The topological polar surface area (TPSA) is 34.1 Å². The molecule has 1 atom stereocenters. The molecule has 2 rings (SSSR count). The van der Waals surface area contributed by atoms with Crippen molar-refractivity contribution >= 4 is 11.3 Å². The number of rotatable bonds is 6. The number of hydrogen-bond acceptors (Lipinski definition) is 4. The first-order valence-electron chi connectivity index (χ1n) is 7.20. The average molecular weight is 282 g/mol. The third kappa shape index (κ3) is 3.77. The summed E-state index contributed by atoms with van der Waals surface area (Å²) < 4.78 is 5.68. The van der Waals surface area contributed by atoms with Crippen LogP contribution in [0.5, 0.6) is 0 Å². The minimum Gasteiger partial charge on any atom is -0.374 e. The van der Waals surface area contributed by atoms with Gasteiger partial charge in [0, 0.05) is 24.6 Å². The number of methoxy groups -OCH3 is 1. The molecule has 1 aliphatic carbocycles.